The van der Waals surface area contributed by atoms with Gasteiger partial charge < -0.3 is 10.1 Å². The first-order valence-electron chi connectivity index (χ1n) is 4.88. The molecule has 2 rings (SSSR count). The average Bonchev–Trinajstić information content (AvgIpc) is 2.26. The second-order valence-corrected chi connectivity index (χ2v) is 3.40. The number of carbonyl (C=O) groups is 1. The number of aryl methyl sites for hydroxylation is 1. The highest BCUT2D eigenvalue weighted by Crippen LogP contribution is 2.15. The van der Waals surface area contributed by atoms with Crippen LogP contribution in [0.3, 0.4) is 0 Å². The second-order valence-electron chi connectivity index (χ2n) is 3.40. The van der Waals surface area contributed by atoms with Crippen LogP contribution in [-0.4, -0.2) is 21.0 Å². The number of hydrogen-bond acceptors (Lipinski definition) is 3. The maximum atomic E-state index is 11.1. The first-order chi connectivity index (χ1) is 7.61. The van der Waals surface area contributed by atoms with E-state index in [2.05, 4.69) is 9.97 Å². The molecule has 82 valence electrons. The highest BCUT2D eigenvalue weighted by Gasteiger charge is 2.11. The van der Waals surface area contributed by atoms with Crippen molar-refractivity contribution in [1.82, 2.24) is 9.97 Å². The van der Waals surface area contributed by atoms with Crippen LogP contribution in [0.15, 0.2) is 23.0 Å². The summed E-state index contributed by atoms with van der Waals surface area (Å²) in [4.78, 5) is 28.9. The molecule has 0 aliphatic rings. The molecule has 0 atom stereocenters. The molecule has 2 heterocycles. The standard InChI is InChI=1S/C11H10N2O3/c1-2-6-5-8(11(15)16)7-3-4-9(14)13-10(7)12-6/h3-5H,2H2,1H3,(H,15,16)(H,12,13,14). The SMILES string of the molecule is CCc1cc(C(=O)O)c2ccc(=O)[nH]c2n1. The zero-order chi connectivity index (χ0) is 11.7. The Morgan fingerprint density at radius 1 is 1.50 bits per heavy atom. The number of carboxylic acids is 1. The molecule has 5 nitrogen and oxygen atoms in total. The van der Waals surface area contributed by atoms with Crippen LogP contribution in [0.25, 0.3) is 11.0 Å². The molecule has 2 aromatic heterocycles. The topological polar surface area (TPSA) is 83.0 Å². The normalized spacial score (nSPS) is 10.6. The van der Waals surface area contributed by atoms with Gasteiger partial charge in [0.2, 0.25) is 5.56 Å². The van der Waals surface area contributed by atoms with E-state index in [0.717, 1.165) is 0 Å². The smallest absolute Gasteiger partial charge is 0.336 e. The summed E-state index contributed by atoms with van der Waals surface area (Å²) < 4.78 is 0. The van der Waals surface area contributed by atoms with Crippen LogP contribution in [0.4, 0.5) is 0 Å². The predicted octanol–water partition coefficient (Wildman–Crippen LogP) is 1.18. The van der Waals surface area contributed by atoms with Gasteiger partial charge in [-0.25, -0.2) is 9.78 Å². The number of nitrogens with one attached hydrogen (secondary N) is 1. The maximum Gasteiger partial charge on any atom is 0.336 e. The summed E-state index contributed by atoms with van der Waals surface area (Å²) in [6.07, 6.45) is 0.618. The Balaban J connectivity index is 2.86. The zero-order valence-electron chi connectivity index (χ0n) is 8.65. The third kappa shape index (κ3) is 1.67. The van der Waals surface area contributed by atoms with Gasteiger partial charge in [0, 0.05) is 17.1 Å². The van der Waals surface area contributed by atoms with Crippen LogP contribution >= 0.6 is 0 Å². The first-order valence-corrected chi connectivity index (χ1v) is 4.88. The van der Waals surface area contributed by atoms with E-state index in [1.807, 2.05) is 6.92 Å². The number of nitrogens with zero attached hydrogens (tertiary/aromatic N) is 1. The van der Waals surface area contributed by atoms with Gasteiger partial charge >= 0.3 is 5.97 Å². The molecule has 0 saturated heterocycles. The molecule has 5 heteroatoms. The molecule has 0 aliphatic carbocycles. The molecule has 0 fully saturated rings. The minimum absolute atomic E-state index is 0.165. The Morgan fingerprint density at radius 2 is 2.25 bits per heavy atom. The number of aromatic amines is 1. The van der Waals surface area contributed by atoms with Crippen molar-refractivity contribution in [3.63, 3.8) is 0 Å². The van der Waals surface area contributed by atoms with Gasteiger partial charge in [-0.1, -0.05) is 6.92 Å². The number of H-pyrrole nitrogens is 1. The predicted molar refractivity (Wildman–Crippen MR) is 58.7 cm³/mol. The highest BCUT2D eigenvalue weighted by molar-refractivity contribution is 6.01. The summed E-state index contributed by atoms with van der Waals surface area (Å²) in [5, 5.41) is 9.50. The van der Waals surface area contributed by atoms with Crippen molar-refractivity contribution in [3.8, 4) is 0 Å². The Hall–Kier alpha value is -2.17. The van der Waals surface area contributed by atoms with Crippen molar-refractivity contribution >= 4 is 17.0 Å². The van der Waals surface area contributed by atoms with E-state index in [1.54, 1.807) is 0 Å². The van der Waals surface area contributed by atoms with Crippen molar-refractivity contribution < 1.29 is 9.90 Å². The van der Waals surface area contributed by atoms with Gasteiger partial charge in [0.15, 0.2) is 0 Å². The van der Waals surface area contributed by atoms with Crippen molar-refractivity contribution in [1.29, 1.82) is 0 Å². The van der Waals surface area contributed by atoms with E-state index < -0.39 is 5.97 Å². The van der Waals surface area contributed by atoms with Gasteiger partial charge in [-0.3, -0.25) is 4.79 Å². The van der Waals surface area contributed by atoms with Crippen LogP contribution in [0, 0.1) is 0 Å². The summed E-state index contributed by atoms with van der Waals surface area (Å²) in [6, 6.07) is 4.30. The quantitative estimate of drug-likeness (QED) is 0.792. The lowest BCUT2D eigenvalue weighted by molar-refractivity contribution is 0.0699. The van der Waals surface area contributed by atoms with Crippen molar-refractivity contribution in [2.24, 2.45) is 0 Å². The molecule has 0 spiro atoms. The Morgan fingerprint density at radius 3 is 2.88 bits per heavy atom. The van der Waals surface area contributed by atoms with Crippen LogP contribution in [-0.2, 0) is 6.42 Å². The molecule has 0 bridgehead atoms. The second kappa shape index (κ2) is 3.77. The largest absolute Gasteiger partial charge is 0.478 e. The summed E-state index contributed by atoms with van der Waals surface area (Å²) >= 11 is 0. The number of carboxylic acid groups (broad SMARTS) is 1. The first kappa shape index (κ1) is 10.4. The van der Waals surface area contributed by atoms with E-state index in [4.69, 9.17) is 5.11 Å². The average molecular weight is 218 g/mol. The van der Waals surface area contributed by atoms with E-state index in [9.17, 15) is 9.59 Å². The van der Waals surface area contributed by atoms with Gasteiger partial charge in [0.1, 0.15) is 5.65 Å². The molecule has 2 aromatic rings. The minimum atomic E-state index is -1.02. The molecule has 0 amide bonds. The number of aromatic nitrogens is 2. The Bertz CT molecular complexity index is 616. The Labute approximate surface area is 90.8 Å². The van der Waals surface area contributed by atoms with Gasteiger partial charge in [0.25, 0.3) is 0 Å². The van der Waals surface area contributed by atoms with Crippen LogP contribution < -0.4 is 5.56 Å². The van der Waals surface area contributed by atoms with Crippen LogP contribution in [0.2, 0.25) is 0 Å². The van der Waals surface area contributed by atoms with Gasteiger partial charge in [-0.15, -0.1) is 0 Å². The van der Waals surface area contributed by atoms with Crippen LogP contribution in [0.1, 0.15) is 23.0 Å². The maximum absolute atomic E-state index is 11.1. The molecule has 0 saturated carbocycles. The lowest BCUT2D eigenvalue weighted by Crippen LogP contribution is -2.08. The molecular formula is C11H10N2O3. The van der Waals surface area contributed by atoms with E-state index in [-0.39, 0.29) is 11.1 Å². The molecule has 0 aromatic carbocycles. The van der Waals surface area contributed by atoms with E-state index >= 15 is 0 Å². The fourth-order valence-electron chi connectivity index (χ4n) is 1.55. The fraction of sp³-hybridized carbons (Fsp3) is 0.182. The van der Waals surface area contributed by atoms with E-state index in [0.29, 0.717) is 23.1 Å². The highest BCUT2D eigenvalue weighted by atomic mass is 16.4. The fourth-order valence-corrected chi connectivity index (χ4v) is 1.55. The van der Waals surface area contributed by atoms with Crippen molar-refractivity contribution in [2.75, 3.05) is 0 Å². The molecule has 2 N–H and O–H groups in total. The zero-order valence-corrected chi connectivity index (χ0v) is 8.65. The summed E-state index contributed by atoms with van der Waals surface area (Å²) in [5.41, 5.74) is 0.846. The number of hydrogen-bond donors (Lipinski definition) is 2. The van der Waals surface area contributed by atoms with Crippen molar-refractivity contribution in [2.45, 2.75) is 13.3 Å². The number of rotatable bonds is 2. The lowest BCUT2D eigenvalue weighted by atomic mass is 10.1. The number of fused-ring (bicyclic) bond motifs is 1. The third-order valence-electron chi connectivity index (χ3n) is 2.35. The molecule has 0 radical (unpaired) electrons. The minimum Gasteiger partial charge on any atom is -0.478 e. The molecule has 0 aliphatic heterocycles. The molecule has 16 heavy (non-hydrogen) atoms. The van der Waals surface area contributed by atoms with Crippen molar-refractivity contribution in [3.05, 3.63) is 39.8 Å². The third-order valence-corrected chi connectivity index (χ3v) is 2.35. The lowest BCUT2D eigenvalue weighted by Gasteiger charge is -2.04. The summed E-state index contributed by atoms with van der Waals surface area (Å²) in [6.45, 7) is 1.88. The van der Waals surface area contributed by atoms with Gasteiger partial charge in [-0.2, -0.15) is 0 Å². The van der Waals surface area contributed by atoms with Crippen LogP contribution in [0.5, 0.6) is 0 Å². The monoisotopic (exact) mass is 218 g/mol. The number of aromatic carboxylic acids is 1. The summed E-state index contributed by atoms with van der Waals surface area (Å²) in [7, 11) is 0. The van der Waals surface area contributed by atoms with Gasteiger partial charge in [-0.05, 0) is 18.6 Å². The molecule has 0 unspecified atom stereocenters. The Kier molecular flexibility index (Phi) is 2.44. The van der Waals surface area contributed by atoms with Gasteiger partial charge in [0.05, 0.1) is 5.56 Å². The summed E-state index contributed by atoms with van der Waals surface area (Å²) in [5.74, 6) is -1.02. The number of pyridine rings is 2. The molecular weight excluding hydrogens is 208 g/mol. The van der Waals surface area contributed by atoms with E-state index in [1.165, 1.54) is 18.2 Å².